The van der Waals surface area contributed by atoms with Crippen LogP contribution in [0.5, 0.6) is 11.5 Å². The molecule has 1 unspecified atom stereocenters. The van der Waals surface area contributed by atoms with Gasteiger partial charge in [-0.05, 0) is 23.8 Å². The molecule has 1 N–H and O–H groups in total. The highest BCUT2D eigenvalue weighted by Crippen LogP contribution is 2.33. The first kappa shape index (κ1) is 13.3. The van der Waals surface area contributed by atoms with Crippen molar-refractivity contribution in [1.82, 2.24) is 0 Å². The Balaban J connectivity index is 1.71. The summed E-state index contributed by atoms with van der Waals surface area (Å²) in [5.41, 5.74) is 1.92. The molecule has 2 aromatic rings. The lowest BCUT2D eigenvalue weighted by molar-refractivity contribution is 0.105. The number of benzene rings is 2. The van der Waals surface area contributed by atoms with Gasteiger partial charge in [-0.2, -0.15) is 0 Å². The van der Waals surface area contributed by atoms with Gasteiger partial charge < -0.3 is 14.6 Å². The minimum absolute atomic E-state index is 0.167. The van der Waals surface area contributed by atoms with Crippen molar-refractivity contribution < 1.29 is 14.6 Å². The first-order chi connectivity index (χ1) is 9.74. The Hall–Kier alpha value is -1.71. The van der Waals surface area contributed by atoms with E-state index in [1.54, 1.807) is 12.1 Å². The maximum Gasteiger partial charge on any atom is 0.128 e. The number of hydrogen-bond acceptors (Lipinski definition) is 3. The van der Waals surface area contributed by atoms with Gasteiger partial charge in [-0.25, -0.2) is 0 Å². The number of rotatable bonds is 4. The third-order valence-corrected chi connectivity index (χ3v) is 3.54. The summed E-state index contributed by atoms with van der Waals surface area (Å²) in [6.45, 7) is 0.842. The second-order valence-electron chi connectivity index (χ2n) is 4.72. The van der Waals surface area contributed by atoms with Gasteiger partial charge in [-0.1, -0.05) is 35.9 Å². The minimum atomic E-state index is -0.720. The Bertz CT molecular complexity index is 612. The number of aliphatic hydroxyl groups excluding tert-OH is 1. The first-order valence-electron chi connectivity index (χ1n) is 6.55. The molecule has 4 heteroatoms. The lowest BCUT2D eigenvalue weighted by atomic mass is 10.0. The molecule has 1 atom stereocenters. The van der Waals surface area contributed by atoms with Crippen molar-refractivity contribution in [3.8, 4) is 11.5 Å². The average Bonchev–Trinajstić information content (AvgIpc) is 2.93. The summed E-state index contributed by atoms with van der Waals surface area (Å²) in [7, 11) is 0. The normalized spacial score (nSPS) is 14.5. The monoisotopic (exact) mass is 290 g/mol. The van der Waals surface area contributed by atoms with Crippen molar-refractivity contribution >= 4 is 11.6 Å². The Kier molecular flexibility index (Phi) is 3.81. The van der Waals surface area contributed by atoms with E-state index in [1.165, 1.54) is 0 Å². The van der Waals surface area contributed by atoms with E-state index >= 15 is 0 Å². The van der Waals surface area contributed by atoms with Crippen LogP contribution in [0.15, 0.2) is 42.5 Å². The predicted molar refractivity (Wildman–Crippen MR) is 77.5 cm³/mol. The number of fused-ring (bicyclic) bond motifs is 1. The largest absolute Gasteiger partial charge is 0.493 e. The number of hydrogen-bond donors (Lipinski definition) is 1. The number of halogens is 1. The molecular weight excluding hydrogens is 276 g/mol. The van der Waals surface area contributed by atoms with Gasteiger partial charge in [-0.15, -0.1) is 0 Å². The van der Waals surface area contributed by atoms with Crippen LogP contribution < -0.4 is 9.47 Å². The van der Waals surface area contributed by atoms with Crippen LogP contribution in [0.3, 0.4) is 0 Å². The highest BCUT2D eigenvalue weighted by Gasteiger charge is 2.21. The summed E-state index contributed by atoms with van der Waals surface area (Å²) in [5.74, 6) is 1.44. The molecule has 1 aliphatic rings. The Morgan fingerprint density at radius 2 is 2.10 bits per heavy atom. The quantitative estimate of drug-likeness (QED) is 0.938. The summed E-state index contributed by atoms with van der Waals surface area (Å²) in [4.78, 5) is 0. The molecule has 0 aliphatic carbocycles. The fraction of sp³-hybridized carbons (Fsp3) is 0.250. The third kappa shape index (κ3) is 2.74. The van der Waals surface area contributed by atoms with Crippen LogP contribution in [0.25, 0.3) is 0 Å². The SMILES string of the molecule is OC(COc1cccc(Cl)c1)c1cccc2c1OCC2. The van der Waals surface area contributed by atoms with Crippen LogP contribution in [0, 0.1) is 0 Å². The fourth-order valence-corrected chi connectivity index (χ4v) is 2.51. The minimum Gasteiger partial charge on any atom is -0.493 e. The van der Waals surface area contributed by atoms with E-state index in [0.29, 0.717) is 17.4 Å². The molecule has 3 rings (SSSR count). The second-order valence-corrected chi connectivity index (χ2v) is 5.15. The maximum absolute atomic E-state index is 10.3. The number of para-hydroxylation sites is 1. The van der Waals surface area contributed by atoms with E-state index < -0.39 is 6.10 Å². The van der Waals surface area contributed by atoms with Crippen LogP contribution in [0.1, 0.15) is 17.2 Å². The third-order valence-electron chi connectivity index (χ3n) is 3.31. The van der Waals surface area contributed by atoms with Crippen LogP contribution in [0.2, 0.25) is 5.02 Å². The summed E-state index contributed by atoms with van der Waals surface area (Å²) in [5, 5.41) is 10.9. The average molecular weight is 291 g/mol. The molecule has 0 saturated heterocycles. The Labute approximate surface area is 122 Å². The molecule has 2 aromatic carbocycles. The molecule has 0 amide bonds. The van der Waals surface area contributed by atoms with Gasteiger partial charge in [-0.3, -0.25) is 0 Å². The van der Waals surface area contributed by atoms with E-state index in [0.717, 1.165) is 23.3 Å². The van der Waals surface area contributed by atoms with Crippen molar-refractivity contribution in [2.45, 2.75) is 12.5 Å². The molecule has 0 fully saturated rings. The summed E-state index contributed by atoms with van der Waals surface area (Å²) < 4.78 is 11.2. The van der Waals surface area contributed by atoms with Crippen LogP contribution in [-0.4, -0.2) is 18.3 Å². The van der Waals surface area contributed by atoms with E-state index in [-0.39, 0.29) is 6.61 Å². The molecule has 0 bridgehead atoms. The Morgan fingerprint density at radius 3 is 2.95 bits per heavy atom. The molecule has 1 heterocycles. The predicted octanol–water partition coefficient (Wildman–Crippen LogP) is 3.39. The molecule has 0 spiro atoms. The molecule has 3 nitrogen and oxygen atoms in total. The summed E-state index contributed by atoms with van der Waals surface area (Å²) in [6.07, 6.45) is 0.174. The molecule has 1 aliphatic heterocycles. The van der Waals surface area contributed by atoms with Crippen molar-refractivity contribution in [2.24, 2.45) is 0 Å². The van der Waals surface area contributed by atoms with Crippen molar-refractivity contribution in [3.05, 3.63) is 58.6 Å². The van der Waals surface area contributed by atoms with Gasteiger partial charge >= 0.3 is 0 Å². The fourth-order valence-electron chi connectivity index (χ4n) is 2.32. The van der Waals surface area contributed by atoms with E-state index in [4.69, 9.17) is 21.1 Å². The summed E-state index contributed by atoms with van der Waals surface area (Å²) in [6, 6.07) is 13.0. The van der Waals surface area contributed by atoms with E-state index in [2.05, 4.69) is 0 Å². The molecular formula is C16H15ClO3. The van der Waals surface area contributed by atoms with Crippen molar-refractivity contribution in [2.75, 3.05) is 13.2 Å². The zero-order valence-corrected chi connectivity index (χ0v) is 11.6. The van der Waals surface area contributed by atoms with Crippen LogP contribution in [0.4, 0.5) is 0 Å². The molecule has 104 valence electrons. The first-order valence-corrected chi connectivity index (χ1v) is 6.93. The Morgan fingerprint density at radius 1 is 1.25 bits per heavy atom. The van der Waals surface area contributed by atoms with E-state index in [1.807, 2.05) is 30.3 Å². The number of aliphatic hydroxyl groups is 1. The van der Waals surface area contributed by atoms with Crippen LogP contribution in [-0.2, 0) is 6.42 Å². The highest BCUT2D eigenvalue weighted by atomic mass is 35.5. The standard InChI is InChI=1S/C16H15ClO3/c17-12-4-2-5-13(9-12)20-10-15(18)14-6-1-3-11-7-8-19-16(11)14/h1-6,9,15,18H,7-8,10H2. The highest BCUT2D eigenvalue weighted by molar-refractivity contribution is 6.30. The lowest BCUT2D eigenvalue weighted by Crippen LogP contribution is -2.10. The molecule has 0 aromatic heterocycles. The van der Waals surface area contributed by atoms with Gasteiger partial charge in [0.1, 0.15) is 24.2 Å². The lowest BCUT2D eigenvalue weighted by Gasteiger charge is -2.15. The zero-order chi connectivity index (χ0) is 13.9. The number of ether oxygens (including phenoxy) is 2. The second kappa shape index (κ2) is 5.73. The van der Waals surface area contributed by atoms with Gasteiger partial charge in [0.05, 0.1) is 6.61 Å². The molecule has 20 heavy (non-hydrogen) atoms. The van der Waals surface area contributed by atoms with Crippen molar-refractivity contribution in [3.63, 3.8) is 0 Å². The topological polar surface area (TPSA) is 38.7 Å². The van der Waals surface area contributed by atoms with Crippen molar-refractivity contribution in [1.29, 1.82) is 0 Å². The van der Waals surface area contributed by atoms with Crippen LogP contribution >= 0.6 is 11.6 Å². The van der Waals surface area contributed by atoms with E-state index in [9.17, 15) is 5.11 Å². The molecule has 0 radical (unpaired) electrons. The smallest absolute Gasteiger partial charge is 0.128 e. The van der Waals surface area contributed by atoms with Gasteiger partial charge in [0.15, 0.2) is 0 Å². The van der Waals surface area contributed by atoms with Gasteiger partial charge in [0.25, 0.3) is 0 Å². The van der Waals surface area contributed by atoms with Gasteiger partial charge in [0.2, 0.25) is 0 Å². The maximum atomic E-state index is 10.3. The van der Waals surface area contributed by atoms with Gasteiger partial charge in [0, 0.05) is 17.0 Å². The zero-order valence-electron chi connectivity index (χ0n) is 10.9. The molecule has 0 saturated carbocycles. The summed E-state index contributed by atoms with van der Waals surface area (Å²) >= 11 is 5.89.